The van der Waals surface area contributed by atoms with Gasteiger partial charge in [0.25, 0.3) is 0 Å². The number of carbonyl (C=O) groups excluding carboxylic acids is 2. The lowest BCUT2D eigenvalue weighted by molar-refractivity contribution is 0.0728. The third-order valence-electron chi connectivity index (χ3n) is 3.23. The molecule has 23 heavy (non-hydrogen) atoms. The number of rotatable bonds is 5. The number of ether oxygens (including phenoxy) is 3. The van der Waals surface area contributed by atoms with Crippen LogP contribution in [0.25, 0.3) is 0 Å². The van der Waals surface area contributed by atoms with Crippen molar-refractivity contribution >= 4 is 12.3 Å². The van der Waals surface area contributed by atoms with Crippen molar-refractivity contribution in [3.63, 3.8) is 0 Å². The summed E-state index contributed by atoms with van der Waals surface area (Å²) in [5.74, 6) is -1.02. The molecule has 2 rings (SSSR count). The zero-order valence-electron chi connectivity index (χ0n) is 12.9. The number of aldehydes is 1. The molecule has 0 aliphatic rings. The maximum atomic E-state index is 14.0. The van der Waals surface area contributed by atoms with Gasteiger partial charge in [-0.05, 0) is 30.7 Å². The van der Waals surface area contributed by atoms with Crippen LogP contribution in [0.5, 0.6) is 17.2 Å². The second kappa shape index (κ2) is 6.91. The van der Waals surface area contributed by atoms with Gasteiger partial charge in [-0.25, -0.2) is 9.18 Å². The number of benzene rings is 2. The number of methoxy groups -OCH3 is 2. The molecule has 0 amide bonds. The standard InChI is InChI=1S/C17H15FO5/c1-10-6-11(9-19)4-5-14(10)23-17(20)12-7-15(21-2)16(22-3)8-13(12)18/h4-9H,1-3H3. The molecule has 0 unspecified atom stereocenters. The van der Waals surface area contributed by atoms with Crippen LogP contribution in [-0.4, -0.2) is 26.5 Å². The van der Waals surface area contributed by atoms with Gasteiger partial charge in [-0.1, -0.05) is 0 Å². The van der Waals surface area contributed by atoms with Gasteiger partial charge in [-0.3, -0.25) is 4.79 Å². The monoisotopic (exact) mass is 318 g/mol. The first-order valence-electron chi connectivity index (χ1n) is 6.69. The fourth-order valence-corrected chi connectivity index (χ4v) is 2.03. The Bertz CT molecular complexity index is 755. The Morgan fingerprint density at radius 3 is 2.26 bits per heavy atom. The van der Waals surface area contributed by atoms with Crippen molar-refractivity contribution < 1.29 is 28.2 Å². The second-order valence-corrected chi connectivity index (χ2v) is 4.72. The molecule has 2 aromatic carbocycles. The van der Waals surface area contributed by atoms with Crippen LogP contribution in [0.1, 0.15) is 26.3 Å². The first-order chi connectivity index (χ1) is 11.0. The average Bonchev–Trinajstić information content (AvgIpc) is 2.56. The van der Waals surface area contributed by atoms with Crippen molar-refractivity contribution in [3.8, 4) is 17.2 Å². The summed E-state index contributed by atoms with van der Waals surface area (Å²) in [7, 11) is 2.75. The van der Waals surface area contributed by atoms with Gasteiger partial charge in [0, 0.05) is 17.7 Å². The second-order valence-electron chi connectivity index (χ2n) is 4.72. The number of carbonyl (C=O) groups is 2. The zero-order valence-corrected chi connectivity index (χ0v) is 12.9. The van der Waals surface area contributed by atoms with Crippen LogP contribution in [0.15, 0.2) is 30.3 Å². The average molecular weight is 318 g/mol. The summed E-state index contributed by atoms with van der Waals surface area (Å²) in [6, 6.07) is 6.83. The molecule has 0 spiro atoms. The smallest absolute Gasteiger partial charge is 0.346 e. The molecule has 120 valence electrons. The summed E-state index contributed by atoms with van der Waals surface area (Å²) < 4.78 is 29.2. The van der Waals surface area contributed by atoms with Crippen molar-refractivity contribution in [1.29, 1.82) is 0 Å². The van der Waals surface area contributed by atoms with Crippen molar-refractivity contribution in [3.05, 3.63) is 52.8 Å². The van der Waals surface area contributed by atoms with Gasteiger partial charge in [-0.15, -0.1) is 0 Å². The van der Waals surface area contributed by atoms with Crippen molar-refractivity contribution in [2.24, 2.45) is 0 Å². The van der Waals surface area contributed by atoms with E-state index in [1.165, 1.54) is 32.4 Å². The molecule has 0 fully saturated rings. The Morgan fingerprint density at radius 1 is 1.04 bits per heavy atom. The van der Waals surface area contributed by atoms with Crippen molar-refractivity contribution in [2.45, 2.75) is 6.92 Å². The molecule has 6 heteroatoms. The highest BCUT2D eigenvalue weighted by Gasteiger charge is 2.19. The van der Waals surface area contributed by atoms with Crippen LogP contribution >= 0.6 is 0 Å². The molecule has 5 nitrogen and oxygen atoms in total. The highest BCUT2D eigenvalue weighted by molar-refractivity contribution is 5.92. The van der Waals surface area contributed by atoms with Crippen molar-refractivity contribution in [1.82, 2.24) is 0 Å². The molecule has 0 aliphatic carbocycles. The number of aryl methyl sites for hydroxylation is 1. The summed E-state index contributed by atoms with van der Waals surface area (Å²) in [5, 5.41) is 0. The lowest BCUT2D eigenvalue weighted by Gasteiger charge is -2.11. The molecular formula is C17H15FO5. The number of esters is 1. The Balaban J connectivity index is 2.32. The number of hydrogen-bond acceptors (Lipinski definition) is 5. The molecule has 0 aliphatic heterocycles. The van der Waals surface area contributed by atoms with E-state index in [-0.39, 0.29) is 22.8 Å². The molecular weight excluding hydrogens is 303 g/mol. The topological polar surface area (TPSA) is 61.8 Å². The van der Waals surface area contributed by atoms with Crippen LogP contribution in [0.2, 0.25) is 0 Å². The minimum absolute atomic E-state index is 0.174. The van der Waals surface area contributed by atoms with Gasteiger partial charge in [-0.2, -0.15) is 0 Å². The zero-order chi connectivity index (χ0) is 17.0. The van der Waals surface area contributed by atoms with Crippen LogP contribution in [-0.2, 0) is 0 Å². The largest absolute Gasteiger partial charge is 0.493 e. The van der Waals surface area contributed by atoms with E-state index in [0.29, 0.717) is 17.4 Å². The summed E-state index contributed by atoms with van der Waals surface area (Å²) in [6.45, 7) is 1.68. The third-order valence-corrected chi connectivity index (χ3v) is 3.23. The quantitative estimate of drug-likeness (QED) is 0.481. The molecule has 0 saturated heterocycles. The molecule has 0 atom stereocenters. The van der Waals surface area contributed by atoms with Crippen LogP contribution in [0, 0.1) is 12.7 Å². The maximum absolute atomic E-state index is 14.0. The van der Waals surface area contributed by atoms with Gasteiger partial charge in [0.2, 0.25) is 0 Å². The number of halogens is 1. The summed E-state index contributed by atoms with van der Waals surface area (Å²) in [5.41, 5.74) is 0.768. The molecule has 0 aromatic heterocycles. The Labute approximate surface area is 132 Å². The lowest BCUT2D eigenvalue weighted by atomic mass is 10.1. The molecule has 0 N–H and O–H groups in total. The predicted octanol–water partition coefficient (Wildman–Crippen LogP) is 3.18. The van der Waals surface area contributed by atoms with Crippen LogP contribution in [0.4, 0.5) is 4.39 Å². The maximum Gasteiger partial charge on any atom is 0.346 e. The SMILES string of the molecule is COc1cc(F)c(C(=O)Oc2ccc(C=O)cc2C)cc1OC. The molecule has 0 bridgehead atoms. The minimum Gasteiger partial charge on any atom is -0.493 e. The van der Waals surface area contributed by atoms with E-state index in [0.717, 1.165) is 6.07 Å². The highest BCUT2D eigenvalue weighted by Crippen LogP contribution is 2.30. The molecule has 0 saturated carbocycles. The van der Waals surface area contributed by atoms with Crippen molar-refractivity contribution in [2.75, 3.05) is 14.2 Å². The Kier molecular flexibility index (Phi) is 4.95. The van der Waals surface area contributed by atoms with Gasteiger partial charge in [0.05, 0.1) is 19.8 Å². The molecule has 2 aromatic rings. The van der Waals surface area contributed by atoms with Gasteiger partial charge >= 0.3 is 5.97 Å². The van der Waals surface area contributed by atoms with Gasteiger partial charge < -0.3 is 14.2 Å². The third kappa shape index (κ3) is 3.48. The predicted molar refractivity (Wildman–Crippen MR) is 81.0 cm³/mol. The van der Waals surface area contributed by atoms with E-state index in [2.05, 4.69) is 0 Å². The van der Waals surface area contributed by atoms with Gasteiger partial charge in [0.1, 0.15) is 17.9 Å². The summed E-state index contributed by atoms with van der Waals surface area (Å²) in [4.78, 5) is 22.9. The van der Waals surface area contributed by atoms with E-state index in [9.17, 15) is 14.0 Å². The Morgan fingerprint density at radius 2 is 1.70 bits per heavy atom. The normalized spacial score (nSPS) is 10.1. The van der Waals surface area contributed by atoms with Crippen LogP contribution < -0.4 is 14.2 Å². The fourth-order valence-electron chi connectivity index (χ4n) is 2.03. The van der Waals surface area contributed by atoms with E-state index >= 15 is 0 Å². The molecule has 0 radical (unpaired) electrons. The van der Waals surface area contributed by atoms with E-state index in [1.54, 1.807) is 13.0 Å². The summed E-state index contributed by atoms with van der Waals surface area (Å²) in [6.07, 6.45) is 0.687. The lowest BCUT2D eigenvalue weighted by Crippen LogP contribution is -2.12. The number of hydrogen-bond donors (Lipinski definition) is 0. The van der Waals surface area contributed by atoms with E-state index < -0.39 is 11.8 Å². The molecule has 0 heterocycles. The van der Waals surface area contributed by atoms with Crippen LogP contribution in [0.3, 0.4) is 0 Å². The van der Waals surface area contributed by atoms with E-state index in [4.69, 9.17) is 14.2 Å². The summed E-state index contributed by atoms with van der Waals surface area (Å²) >= 11 is 0. The highest BCUT2D eigenvalue weighted by atomic mass is 19.1. The van der Waals surface area contributed by atoms with Gasteiger partial charge in [0.15, 0.2) is 11.5 Å². The van der Waals surface area contributed by atoms with E-state index in [1.807, 2.05) is 0 Å². The first-order valence-corrected chi connectivity index (χ1v) is 6.69. The minimum atomic E-state index is -0.870. The first kappa shape index (κ1) is 16.5. The Hall–Kier alpha value is -2.89. The fraction of sp³-hybridized carbons (Fsp3) is 0.176.